The van der Waals surface area contributed by atoms with Crippen LogP contribution < -0.4 is 24.8 Å². The van der Waals surface area contributed by atoms with Gasteiger partial charge in [-0.25, -0.2) is 0 Å². The summed E-state index contributed by atoms with van der Waals surface area (Å²) in [5.41, 5.74) is 0.919. The van der Waals surface area contributed by atoms with E-state index in [4.69, 9.17) is 14.2 Å². The Labute approximate surface area is 164 Å². The first kappa shape index (κ1) is 19.5. The zero-order chi connectivity index (χ0) is 20.3. The van der Waals surface area contributed by atoms with E-state index < -0.39 is 5.41 Å². The topological polar surface area (TPSA) is 85.9 Å². The Morgan fingerprint density at radius 2 is 1.46 bits per heavy atom. The van der Waals surface area contributed by atoms with Crippen molar-refractivity contribution in [1.29, 1.82) is 0 Å². The van der Waals surface area contributed by atoms with Crippen molar-refractivity contribution in [2.24, 2.45) is 5.41 Å². The molecule has 0 spiro atoms. The normalized spacial score (nSPS) is 14.0. The van der Waals surface area contributed by atoms with Crippen molar-refractivity contribution >= 4 is 23.2 Å². The minimum atomic E-state index is -1.10. The summed E-state index contributed by atoms with van der Waals surface area (Å²) < 4.78 is 15.8. The molecule has 2 aromatic rings. The Hall–Kier alpha value is -3.22. The molecule has 7 heteroatoms. The molecule has 0 aromatic heterocycles. The fraction of sp³-hybridized carbons (Fsp3) is 0.333. The van der Waals surface area contributed by atoms with Crippen LogP contribution in [0.15, 0.2) is 36.4 Å². The Morgan fingerprint density at radius 3 is 2.04 bits per heavy atom. The van der Waals surface area contributed by atoms with Gasteiger partial charge in [-0.3, -0.25) is 9.59 Å². The summed E-state index contributed by atoms with van der Waals surface area (Å²) in [5.74, 6) is 0.915. The summed E-state index contributed by atoms with van der Waals surface area (Å²) in [5, 5.41) is 5.65. The summed E-state index contributed by atoms with van der Waals surface area (Å²) in [6.45, 7) is 1.92. The second-order valence-electron chi connectivity index (χ2n) is 6.76. The molecule has 2 amide bonds. The Morgan fingerprint density at radius 1 is 0.821 bits per heavy atom. The fourth-order valence-electron chi connectivity index (χ4n) is 2.99. The lowest BCUT2D eigenvalue weighted by Crippen LogP contribution is -2.35. The van der Waals surface area contributed by atoms with Crippen molar-refractivity contribution in [1.82, 2.24) is 0 Å². The van der Waals surface area contributed by atoms with Gasteiger partial charge in [-0.05, 0) is 49.6 Å². The van der Waals surface area contributed by atoms with E-state index in [1.165, 1.54) is 14.2 Å². The van der Waals surface area contributed by atoms with Gasteiger partial charge in [-0.2, -0.15) is 0 Å². The number of rotatable bonds is 7. The van der Waals surface area contributed by atoms with Crippen molar-refractivity contribution in [3.05, 3.63) is 42.0 Å². The lowest BCUT2D eigenvalue weighted by Gasteiger charge is -2.18. The second kappa shape index (κ2) is 7.80. The van der Waals surface area contributed by atoms with Crippen LogP contribution in [0.5, 0.6) is 17.2 Å². The summed E-state index contributed by atoms with van der Waals surface area (Å²) in [6, 6.07) is 10.6. The lowest BCUT2D eigenvalue weighted by molar-refractivity contribution is -0.131. The van der Waals surface area contributed by atoms with E-state index in [9.17, 15) is 9.59 Å². The van der Waals surface area contributed by atoms with Crippen molar-refractivity contribution in [2.45, 2.75) is 19.8 Å². The van der Waals surface area contributed by atoms with Gasteiger partial charge >= 0.3 is 0 Å². The van der Waals surface area contributed by atoms with Gasteiger partial charge in [0.25, 0.3) is 0 Å². The molecular formula is C21H24N2O5. The van der Waals surface area contributed by atoms with Gasteiger partial charge in [0.15, 0.2) is 0 Å². The monoisotopic (exact) mass is 384 g/mol. The largest absolute Gasteiger partial charge is 0.497 e. The maximum atomic E-state index is 12.9. The number of nitrogens with one attached hydrogen (secondary N) is 2. The van der Waals surface area contributed by atoms with Crippen LogP contribution in [0.1, 0.15) is 18.4 Å². The summed E-state index contributed by atoms with van der Waals surface area (Å²) in [6.07, 6.45) is 0.967. The van der Waals surface area contributed by atoms with Crippen LogP contribution in [0, 0.1) is 12.3 Å². The van der Waals surface area contributed by atoms with Crippen molar-refractivity contribution in [3.8, 4) is 17.2 Å². The number of benzene rings is 2. The van der Waals surface area contributed by atoms with E-state index in [2.05, 4.69) is 10.6 Å². The van der Waals surface area contributed by atoms with E-state index >= 15 is 0 Å². The first-order chi connectivity index (χ1) is 13.4. The highest BCUT2D eigenvalue weighted by Gasteiger charge is 2.56. The van der Waals surface area contributed by atoms with E-state index in [1.807, 2.05) is 19.1 Å². The number of amides is 2. The van der Waals surface area contributed by atoms with E-state index in [1.54, 1.807) is 31.4 Å². The summed E-state index contributed by atoms with van der Waals surface area (Å²) >= 11 is 0. The van der Waals surface area contributed by atoms with Gasteiger partial charge in [0.2, 0.25) is 11.8 Å². The maximum absolute atomic E-state index is 12.9. The van der Waals surface area contributed by atoms with Gasteiger partial charge < -0.3 is 24.8 Å². The van der Waals surface area contributed by atoms with Crippen LogP contribution in [0.3, 0.4) is 0 Å². The van der Waals surface area contributed by atoms with Crippen LogP contribution in [-0.4, -0.2) is 33.1 Å². The van der Waals surface area contributed by atoms with Gasteiger partial charge in [-0.1, -0.05) is 6.07 Å². The summed E-state index contributed by atoms with van der Waals surface area (Å²) in [4.78, 5) is 25.8. The average molecular weight is 384 g/mol. The third-order valence-corrected chi connectivity index (χ3v) is 4.88. The SMILES string of the molecule is COc1ccc(NC(=O)C2(C(=O)Nc3cc(C)ccc3OC)CC2)c(OC)c1. The number of carbonyl (C=O) groups excluding carboxylic acids is 2. The van der Waals surface area contributed by atoms with Crippen LogP contribution in [-0.2, 0) is 9.59 Å². The molecule has 148 valence electrons. The quantitative estimate of drug-likeness (QED) is 0.715. The minimum absolute atomic E-state index is 0.346. The zero-order valence-electron chi connectivity index (χ0n) is 16.4. The Kier molecular flexibility index (Phi) is 5.44. The molecule has 28 heavy (non-hydrogen) atoms. The number of anilines is 2. The van der Waals surface area contributed by atoms with Crippen molar-refractivity contribution in [3.63, 3.8) is 0 Å². The highest BCUT2D eigenvalue weighted by Crippen LogP contribution is 2.48. The highest BCUT2D eigenvalue weighted by atomic mass is 16.5. The molecule has 0 unspecified atom stereocenters. The van der Waals surface area contributed by atoms with Gasteiger partial charge in [0, 0.05) is 6.07 Å². The number of ether oxygens (including phenoxy) is 3. The second-order valence-corrected chi connectivity index (χ2v) is 6.76. The average Bonchev–Trinajstić information content (AvgIpc) is 3.50. The fourth-order valence-corrected chi connectivity index (χ4v) is 2.99. The first-order valence-corrected chi connectivity index (χ1v) is 8.93. The summed E-state index contributed by atoms with van der Waals surface area (Å²) in [7, 11) is 4.60. The molecule has 1 aliphatic rings. The molecule has 3 rings (SSSR count). The van der Waals surface area contributed by atoms with Gasteiger partial charge in [-0.15, -0.1) is 0 Å². The molecule has 1 aliphatic carbocycles. The molecule has 0 atom stereocenters. The molecule has 7 nitrogen and oxygen atoms in total. The van der Waals surface area contributed by atoms with Crippen molar-refractivity contribution < 1.29 is 23.8 Å². The number of aryl methyl sites for hydroxylation is 1. The first-order valence-electron chi connectivity index (χ1n) is 8.93. The van der Waals surface area contributed by atoms with Crippen molar-refractivity contribution in [2.75, 3.05) is 32.0 Å². The third-order valence-electron chi connectivity index (χ3n) is 4.88. The molecule has 0 bridgehead atoms. The highest BCUT2D eigenvalue weighted by molar-refractivity contribution is 6.17. The van der Waals surface area contributed by atoms with Crippen LogP contribution >= 0.6 is 0 Å². The standard InChI is InChI=1S/C21H24N2O5/c1-13-5-8-17(27-3)16(11-13)23-20(25)21(9-10-21)19(24)22-15-7-6-14(26-2)12-18(15)28-4/h5-8,11-12H,9-10H2,1-4H3,(H,22,24)(H,23,25). The molecule has 0 radical (unpaired) electrons. The molecule has 0 aliphatic heterocycles. The lowest BCUT2D eigenvalue weighted by atomic mass is 10.0. The molecule has 2 N–H and O–H groups in total. The molecule has 1 saturated carbocycles. The smallest absolute Gasteiger partial charge is 0.240 e. The van der Waals surface area contributed by atoms with Gasteiger partial charge in [0.1, 0.15) is 22.7 Å². The minimum Gasteiger partial charge on any atom is -0.497 e. The predicted molar refractivity (Wildman–Crippen MR) is 106 cm³/mol. The van der Waals surface area contributed by atoms with E-state index in [-0.39, 0.29) is 11.8 Å². The van der Waals surface area contributed by atoms with Crippen LogP contribution in [0.25, 0.3) is 0 Å². The van der Waals surface area contributed by atoms with Gasteiger partial charge in [0.05, 0.1) is 32.7 Å². The van der Waals surface area contributed by atoms with E-state index in [0.29, 0.717) is 41.5 Å². The Bertz CT molecular complexity index is 906. The number of carbonyl (C=O) groups is 2. The third kappa shape index (κ3) is 3.74. The molecule has 1 fully saturated rings. The number of hydrogen-bond donors (Lipinski definition) is 2. The van der Waals surface area contributed by atoms with Crippen LogP contribution in [0.4, 0.5) is 11.4 Å². The number of methoxy groups -OCH3 is 3. The number of hydrogen-bond acceptors (Lipinski definition) is 5. The van der Waals surface area contributed by atoms with E-state index in [0.717, 1.165) is 5.56 Å². The molecular weight excluding hydrogens is 360 g/mol. The zero-order valence-corrected chi connectivity index (χ0v) is 16.4. The predicted octanol–water partition coefficient (Wildman–Crippen LogP) is 3.38. The molecule has 0 heterocycles. The molecule has 2 aromatic carbocycles. The van der Waals surface area contributed by atoms with Crippen LogP contribution in [0.2, 0.25) is 0 Å². The molecule has 0 saturated heterocycles. The Balaban J connectivity index is 1.77. The maximum Gasteiger partial charge on any atom is 0.240 e.